The number of carbonyl (C=O) groups is 1. The van der Waals surface area contributed by atoms with Crippen molar-refractivity contribution >= 4 is 5.97 Å². The van der Waals surface area contributed by atoms with Crippen LogP contribution in [0.3, 0.4) is 0 Å². The van der Waals surface area contributed by atoms with Crippen LogP contribution in [0, 0.1) is 11.2 Å². The lowest BCUT2D eigenvalue weighted by atomic mass is 9.71. The third kappa shape index (κ3) is 2.06. The van der Waals surface area contributed by atoms with E-state index in [1.54, 1.807) is 0 Å². The van der Waals surface area contributed by atoms with E-state index in [1.165, 1.54) is 40.0 Å². The average molecular weight is 256 g/mol. The Morgan fingerprint density at radius 2 is 1.89 bits per heavy atom. The molecule has 0 bridgehead atoms. The van der Waals surface area contributed by atoms with Gasteiger partial charge in [-0.05, 0) is 32.9 Å². The Kier molecular flexibility index (Phi) is 3.67. The second-order valence-electron chi connectivity index (χ2n) is 4.82. The first-order chi connectivity index (χ1) is 8.16. The van der Waals surface area contributed by atoms with Crippen LogP contribution in [0.25, 0.3) is 0 Å². The molecule has 0 spiro atoms. The fourth-order valence-corrected chi connectivity index (χ4v) is 1.67. The lowest BCUT2D eigenvalue weighted by molar-refractivity contribution is -0.164. The van der Waals surface area contributed by atoms with Crippen molar-refractivity contribution in [2.45, 2.75) is 26.4 Å². The SMILES string of the molecule is COc1cccc(F)c1C(C)(O)C(C)(C)C(=O)O. The highest BCUT2D eigenvalue weighted by molar-refractivity contribution is 5.76. The highest BCUT2D eigenvalue weighted by Crippen LogP contribution is 2.44. The van der Waals surface area contributed by atoms with Crippen molar-refractivity contribution in [3.63, 3.8) is 0 Å². The zero-order chi connectivity index (χ0) is 14.1. The molecule has 2 N–H and O–H groups in total. The summed E-state index contributed by atoms with van der Waals surface area (Å²) in [4.78, 5) is 11.2. The smallest absolute Gasteiger partial charge is 0.312 e. The minimum absolute atomic E-state index is 0.120. The summed E-state index contributed by atoms with van der Waals surface area (Å²) in [5.41, 5.74) is -3.63. The fraction of sp³-hybridized carbons (Fsp3) is 0.462. The number of methoxy groups -OCH3 is 1. The number of halogens is 1. The molecule has 0 saturated carbocycles. The number of carboxylic acid groups (broad SMARTS) is 1. The molecule has 18 heavy (non-hydrogen) atoms. The predicted octanol–water partition coefficient (Wildman–Crippen LogP) is 2.15. The van der Waals surface area contributed by atoms with E-state index in [2.05, 4.69) is 0 Å². The molecular formula is C13H17FO4. The number of ether oxygens (including phenoxy) is 1. The Morgan fingerprint density at radius 3 is 2.33 bits per heavy atom. The maximum Gasteiger partial charge on any atom is 0.312 e. The molecule has 0 amide bonds. The van der Waals surface area contributed by atoms with Crippen LogP contribution < -0.4 is 4.74 Å². The van der Waals surface area contributed by atoms with Crippen LogP contribution in [0.4, 0.5) is 4.39 Å². The van der Waals surface area contributed by atoms with E-state index in [9.17, 15) is 14.3 Å². The van der Waals surface area contributed by atoms with Gasteiger partial charge >= 0.3 is 5.97 Å². The number of hydrogen-bond acceptors (Lipinski definition) is 3. The maximum atomic E-state index is 13.9. The lowest BCUT2D eigenvalue weighted by Gasteiger charge is -2.37. The second kappa shape index (κ2) is 4.57. The monoisotopic (exact) mass is 256 g/mol. The number of carboxylic acids is 1. The summed E-state index contributed by atoms with van der Waals surface area (Å²) in [5.74, 6) is -1.80. The van der Waals surface area contributed by atoms with Crippen molar-refractivity contribution in [2.24, 2.45) is 5.41 Å². The molecule has 100 valence electrons. The van der Waals surface area contributed by atoms with Gasteiger partial charge in [0.2, 0.25) is 0 Å². The molecule has 0 saturated heterocycles. The van der Waals surface area contributed by atoms with Gasteiger partial charge in [0.1, 0.15) is 17.2 Å². The van der Waals surface area contributed by atoms with Crippen LogP contribution in [0.1, 0.15) is 26.3 Å². The standard InChI is InChI=1S/C13H17FO4/c1-12(2,11(15)16)13(3,17)10-8(14)6-5-7-9(10)18-4/h5-7,17H,1-4H3,(H,15,16). The first-order valence-electron chi connectivity index (χ1n) is 5.45. The number of hydrogen-bond donors (Lipinski definition) is 2. The van der Waals surface area contributed by atoms with Gasteiger partial charge in [0.05, 0.1) is 18.1 Å². The van der Waals surface area contributed by atoms with E-state index in [-0.39, 0.29) is 11.3 Å². The molecule has 1 atom stereocenters. The van der Waals surface area contributed by atoms with Crippen LogP contribution in [0.15, 0.2) is 18.2 Å². The van der Waals surface area contributed by atoms with Gasteiger partial charge in [-0.2, -0.15) is 0 Å². The maximum absolute atomic E-state index is 13.9. The van der Waals surface area contributed by atoms with Gasteiger partial charge in [-0.15, -0.1) is 0 Å². The van der Waals surface area contributed by atoms with Gasteiger partial charge in [-0.3, -0.25) is 4.79 Å². The molecule has 0 aliphatic heterocycles. The minimum atomic E-state index is -1.91. The molecule has 0 radical (unpaired) electrons. The number of aliphatic hydroxyl groups is 1. The van der Waals surface area contributed by atoms with Crippen LogP contribution in [-0.4, -0.2) is 23.3 Å². The predicted molar refractivity (Wildman–Crippen MR) is 63.9 cm³/mol. The van der Waals surface area contributed by atoms with E-state index in [0.29, 0.717) is 0 Å². The van der Waals surface area contributed by atoms with E-state index in [4.69, 9.17) is 9.84 Å². The molecule has 4 nitrogen and oxygen atoms in total. The lowest BCUT2D eigenvalue weighted by Crippen LogP contribution is -2.45. The first-order valence-corrected chi connectivity index (χ1v) is 5.45. The van der Waals surface area contributed by atoms with Gasteiger partial charge in [0.15, 0.2) is 0 Å². The largest absolute Gasteiger partial charge is 0.496 e. The van der Waals surface area contributed by atoms with Crippen molar-refractivity contribution in [1.82, 2.24) is 0 Å². The zero-order valence-corrected chi connectivity index (χ0v) is 10.8. The van der Waals surface area contributed by atoms with Gasteiger partial charge in [0, 0.05) is 0 Å². The third-order valence-corrected chi connectivity index (χ3v) is 3.43. The van der Waals surface area contributed by atoms with E-state index in [1.807, 2.05) is 0 Å². The normalized spacial score (nSPS) is 15.0. The van der Waals surface area contributed by atoms with Crippen LogP contribution >= 0.6 is 0 Å². The van der Waals surface area contributed by atoms with E-state index < -0.39 is 22.8 Å². The highest BCUT2D eigenvalue weighted by Gasteiger charge is 2.49. The quantitative estimate of drug-likeness (QED) is 0.866. The number of rotatable bonds is 4. The van der Waals surface area contributed by atoms with Gasteiger partial charge in [0.25, 0.3) is 0 Å². The minimum Gasteiger partial charge on any atom is -0.496 e. The summed E-state index contributed by atoms with van der Waals surface area (Å²) >= 11 is 0. The molecule has 1 aromatic rings. The molecule has 0 aromatic heterocycles. The van der Waals surface area contributed by atoms with Gasteiger partial charge < -0.3 is 14.9 Å². The number of aliphatic carboxylic acids is 1. The van der Waals surface area contributed by atoms with Crippen molar-refractivity contribution < 1.29 is 24.1 Å². The summed E-state index contributed by atoms with van der Waals surface area (Å²) in [6.45, 7) is 3.94. The van der Waals surface area contributed by atoms with Crippen molar-refractivity contribution in [2.75, 3.05) is 7.11 Å². The van der Waals surface area contributed by atoms with E-state index >= 15 is 0 Å². The Labute approximate surface area is 105 Å². The molecule has 1 aromatic carbocycles. The van der Waals surface area contributed by atoms with Gasteiger partial charge in [-0.25, -0.2) is 4.39 Å². The Morgan fingerprint density at radius 1 is 1.33 bits per heavy atom. The van der Waals surface area contributed by atoms with Crippen LogP contribution in [0.5, 0.6) is 5.75 Å². The summed E-state index contributed by atoms with van der Waals surface area (Å²) in [5, 5.41) is 19.6. The topological polar surface area (TPSA) is 66.8 Å². The third-order valence-electron chi connectivity index (χ3n) is 3.43. The van der Waals surface area contributed by atoms with Crippen molar-refractivity contribution in [3.8, 4) is 5.75 Å². The summed E-state index contributed by atoms with van der Waals surface area (Å²) < 4.78 is 18.9. The van der Waals surface area contributed by atoms with Crippen LogP contribution in [0.2, 0.25) is 0 Å². The van der Waals surface area contributed by atoms with Gasteiger partial charge in [-0.1, -0.05) is 6.07 Å². The Balaban J connectivity index is 3.50. The van der Waals surface area contributed by atoms with E-state index in [0.717, 1.165) is 6.07 Å². The molecule has 1 unspecified atom stereocenters. The molecule has 0 heterocycles. The first kappa shape index (κ1) is 14.4. The Hall–Kier alpha value is -1.62. The number of benzene rings is 1. The summed E-state index contributed by atoms with van der Waals surface area (Å²) in [7, 11) is 1.34. The molecule has 0 fully saturated rings. The Bertz CT molecular complexity index is 466. The summed E-state index contributed by atoms with van der Waals surface area (Å²) in [6.07, 6.45) is 0. The molecular weight excluding hydrogens is 239 g/mol. The molecule has 1 rings (SSSR count). The molecule has 0 aliphatic carbocycles. The fourth-order valence-electron chi connectivity index (χ4n) is 1.67. The van der Waals surface area contributed by atoms with Crippen molar-refractivity contribution in [1.29, 1.82) is 0 Å². The average Bonchev–Trinajstić information content (AvgIpc) is 2.27. The van der Waals surface area contributed by atoms with Crippen LogP contribution in [-0.2, 0) is 10.4 Å². The zero-order valence-electron chi connectivity index (χ0n) is 10.8. The highest BCUT2D eigenvalue weighted by atomic mass is 19.1. The summed E-state index contributed by atoms with van der Waals surface area (Å²) in [6, 6.07) is 4.07. The second-order valence-corrected chi connectivity index (χ2v) is 4.82. The van der Waals surface area contributed by atoms with Crippen molar-refractivity contribution in [3.05, 3.63) is 29.6 Å². The molecule has 0 aliphatic rings. The molecule has 5 heteroatoms.